The van der Waals surface area contributed by atoms with Crippen molar-refractivity contribution in [2.45, 2.75) is 44.9 Å². The summed E-state index contributed by atoms with van der Waals surface area (Å²) in [4.78, 5) is 12.1. The summed E-state index contributed by atoms with van der Waals surface area (Å²) in [5, 5.41) is 0. The highest BCUT2D eigenvalue weighted by molar-refractivity contribution is 5.86. The highest BCUT2D eigenvalue weighted by Gasteiger charge is 2.23. The highest BCUT2D eigenvalue weighted by Crippen LogP contribution is 2.32. The summed E-state index contributed by atoms with van der Waals surface area (Å²) in [7, 11) is 1.67. The Morgan fingerprint density at radius 3 is 2.76 bits per heavy atom. The molecule has 17 heavy (non-hydrogen) atoms. The third kappa shape index (κ3) is 2.68. The van der Waals surface area contributed by atoms with Crippen molar-refractivity contribution in [2.75, 3.05) is 7.11 Å². The molecule has 92 valence electrons. The number of carbonyl (C=O) groups excluding carboxylic acids is 1. The maximum absolute atomic E-state index is 12.1. The summed E-state index contributed by atoms with van der Waals surface area (Å²) in [6.45, 7) is 2.07. The van der Waals surface area contributed by atoms with E-state index in [0.29, 0.717) is 5.78 Å². The van der Waals surface area contributed by atoms with Crippen molar-refractivity contribution in [3.63, 3.8) is 0 Å². The molecule has 1 aromatic carbocycles. The molecular formula is C15H20O2. The van der Waals surface area contributed by atoms with E-state index in [2.05, 4.69) is 13.0 Å². The van der Waals surface area contributed by atoms with Crippen molar-refractivity contribution in [1.82, 2.24) is 0 Å². The van der Waals surface area contributed by atoms with E-state index >= 15 is 0 Å². The Labute approximate surface area is 103 Å². The van der Waals surface area contributed by atoms with Crippen molar-refractivity contribution >= 4 is 5.78 Å². The van der Waals surface area contributed by atoms with Crippen LogP contribution in [-0.2, 0) is 4.79 Å². The van der Waals surface area contributed by atoms with Gasteiger partial charge < -0.3 is 4.74 Å². The number of hydrogen-bond acceptors (Lipinski definition) is 2. The van der Waals surface area contributed by atoms with E-state index in [0.717, 1.165) is 25.0 Å². The van der Waals surface area contributed by atoms with Gasteiger partial charge in [-0.05, 0) is 43.0 Å². The van der Waals surface area contributed by atoms with Crippen LogP contribution in [0.2, 0.25) is 0 Å². The number of aryl methyl sites for hydroxylation is 1. The molecule has 0 radical (unpaired) electrons. The Balaban J connectivity index is 2.28. The largest absolute Gasteiger partial charge is 0.497 e. The van der Waals surface area contributed by atoms with Crippen LogP contribution in [0, 0.1) is 6.92 Å². The summed E-state index contributed by atoms with van der Waals surface area (Å²) >= 11 is 0. The van der Waals surface area contributed by atoms with Gasteiger partial charge in [-0.1, -0.05) is 18.9 Å². The molecule has 1 unspecified atom stereocenters. The Hall–Kier alpha value is -1.31. The minimum Gasteiger partial charge on any atom is -0.497 e. The topological polar surface area (TPSA) is 26.3 Å². The second kappa shape index (κ2) is 5.35. The van der Waals surface area contributed by atoms with E-state index in [1.54, 1.807) is 7.11 Å². The van der Waals surface area contributed by atoms with Gasteiger partial charge in [0.25, 0.3) is 0 Å². The average Bonchev–Trinajstić information content (AvgIpc) is 2.54. The van der Waals surface area contributed by atoms with Crippen molar-refractivity contribution in [3.05, 3.63) is 29.3 Å². The molecule has 1 atom stereocenters. The highest BCUT2D eigenvalue weighted by atomic mass is 16.5. The molecule has 2 rings (SSSR count). The number of rotatable bonds is 2. The van der Waals surface area contributed by atoms with Crippen LogP contribution in [0.15, 0.2) is 18.2 Å². The Bertz CT molecular complexity index is 409. The van der Waals surface area contributed by atoms with Crippen LogP contribution >= 0.6 is 0 Å². The van der Waals surface area contributed by atoms with E-state index < -0.39 is 0 Å². The molecule has 0 aliphatic heterocycles. The van der Waals surface area contributed by atoms with Gasteiger partial charge in [-0.15, -0.1) is 0 Å². The van der Waals surface area contributed by atoms with Gasteiger partial charge >= 0.3 is 0 Å². The first-order chi connectivity index (χ1) is 8.22. The summed E-state index contributed by atoms with van der Waals surface area (Å²) in [6.07, 6.45) is 5.17. The van der Waals surface area contributed by atoms with Gasteiger partial charge in [-0.25, -0.2) is 0 Å². The van der Waals surface area contributed by atoms with Crippen LogP contribution in [0.3, 0.4) is 0 Å². The first-order valence-corrected chi connectivity index (χ1v) is 6.39. The number of ketones is 1. The first kappa shape index (κ1) is 12.2. The predicted octanol–water partition coefficient (Wildman–Crippen LogP) is 3.62. The fourth-order valence-corrected chi connectivity index (χ4v) is 2.65. The molecule has 1 aromatic rings. The van der Waals surface area contributed by atoms with Gasteiger partial charge in [-0.2, -0.15) is 0 Å². The summed E-state index contributed by atoms with van der Waals surface area (Å²) in [5.74, 6) is 1.39. The zero-order chi connectivity index (χ0) is 12.3. The molecule has 1 aliphatic rings. The van der Waals surface area contributed by atoms with E-state index in [9.17, 15) is 4.79 Å². The number of benzene rings is 1. The van der Waals surface area contributed by atoms with Crippen LogP contribution in [0.25, 0.3) is 0 Å². The molecule has 0 bridgehead atoms. The van der Waals surface area contributed by atoms with Crippen LogP contribution in [0.4, 0.5) is 0 Å². The lowest BCUT2D eigenvalue weighted by Gasteiger charge is -2.16. The number of methoxy groups -OCH3 is 1. The molecular weight excluding hydrogens is 212 g/mol. The maximum Gasteiger partial charge on any atom is 0.140 e. The Morgan fingerprint density at radius 2 is 2.06 bits per heavy atom. The summed E-state index contributed by atoms with van der Waals surface area (Å²) in [6, 6.07) is 6.04. The second-order valence-corrected chi connectivity index (χ2v) is 4.84. The van der Waals surface area contributed by atoms with Crippen LogP contribution in [0.5, 0.6) is 5.75 Å². The predicted molar refractivity (Wildman–Crippen MR) is 68.6 cm³/mol. The van der Waals surface area contributed by atoms with Crippen LogP contribution in [0.1, 0.15) is 49.1 Å². The quantitative estimate of drug-likeness (QED) is 0.728. The molecule has 0 N–H and O–H groups in total. The fourth-order valence-electron chi connectivity index (χ4n) is 2.65. The van der Waals surface area contributed by atoms with E-state index in [1.807, 2.05) is 12.1 Å². The standard InChI is InChI=1S/C15H20O2/c1-11-10-12(17-2)8-9-13(11)14-6-4-3-5-7-15(14)16/h8-10,14H,3-7H2,1-2H3. The average molecular weight is 232 g/mol. The number of ether oxygens (including phenoxy) is 1. The Morgan fingerprint density at radius 1 is 1.24 bits per heavy atom. The van der Waals surface area contributed by atoms with Crippen molar-refractivity contribution in [3.8, 4) is 5.75 Å². The summed E-state index contributed by atoms with van der Waals surface area (Å²) < 4.78 is 5.20. The van der Waals surface area contributed by atoms with Crippen LogP contribution in [-0.4, -0.2) is 12.9 Å². The fraction of sp³-hybridized carbons (Fsp3) is 0.533. The van der Waals surface area contributed by atoms with Crippen LogP contribution < -0.4 is 4.74 Å². The molecule has 0 saturated heterocycles. The lowest BCUT2D eigenvalue weighted by molar-refractivity contribution is -0.120. The SMILES string of the molecule is COc1ccc(C2CCCCCC2=O)c(C)c1. The minimum absolute atomic E-state index is 0.114. The smallest absolute Gasteiger partial charge is 0.140 e. The third-order valence-corrected chi connectivity index (χ3v) is 3.66. The van der Waals surface area contributed by atoms with Crippen molar-refractivity contribution < 1.29 is 9.53 Å². The van der Waals surface area contributed by atoms with Gasteiger partial charge in [0.15, 0.2) is 0 Å². The lowest BCUT2D eigenvalue weighted by atomic mass is 9.88. The van der Waals surface area contributed by atoms with Gasteiger partial charge in [0, 0.05) is 12.3 Å². The molecule has 2 nitrogen and oxygen atoms in total. The minimum atomic E-state index is 0.114. The maximum atomic E-state index is 12.1. The first-order valence-electron chi connectivity index (χ1n) is 6.39. The van der Waals surface area contributed by atoms with Crippen molar-refractivity contribution in [1.29, 1.82) is 0 Å². The third-order valence-electron chi connectivity index (χ3n) is 3.66. The molecule has 0 aromatic heterocycles. The van der Waals surface area contributed by atoms with Gasteiger partial charge in [0.2, 0.25) is 0 Å². The van der Waals surface area contributed by atoms with Gasteiger partial charge in [-0.3, -0.25) is 4.79 Å². The zero-order valence-electron chi connectivity index (χ0n) is 10.7. The zero-order valence-corrected chi connectivity index (χ0v) is 10.7. The molecule has 0 amide bonds. The molecule has 1 fully saturated rings. The lowest BCUT2D eigenvalue weighted by Crippen LogP contribution is -2.11. The molecule has 2 heteroatoms. The number of carbonyl (C=O) groups is 1. The number of hydrogen-bond donors (Lipinski definition) is 0. The van der Waals surface area contributed by atoms with E-state index in [-0.39, 0.29) is 5.92 Å². The Kier molecular flexibility index (Phi) is 3.82. The normalized spacial score (nSPS) is 21.1. The van der Waals surface area contributed by atoms with Gasteiger partial charge in [0.1, 0.15) is 11.5 Å². The summed E-state index contributed by atoms with van der Waals surface area (Å²) in [5.41, 5.74) is 2.36. The second-order valence-electron chi connectivity index (χ2n) is 4.84. The molecule has 1 saturated carbocycles. The monoisotopic (exact) mass is 232 g/mol. The molecule has 1 aliphatic carbocycles. The van der Waals surface area contributed by atoms with Gasteiger partial charge in [0.05, 0.1) is 7.11 Å². The van der Waals surface area contributed by atoms with E-state index in [1.165, 1.54) is 24.0 Å². The molecule has 0 spiro atoms. The van der Waals surface area contributed by atoms with Crippen molar-refractivity contribution in [2.24, 2.45) is 0 Å². The number of Topliss-reactive ketones (excluding diaryl/α,β-unsaturated/α-hetero) is 1. The van der Waals surface area contributed by atoms with E-state index in [4.69, 9.17) is 4.74 Å². The molecule has 0 heterocycles.